The van der Waals surface area contributed by atoms with Crippen LogP contribution in [0.1, 0.15) is 21.5 Å². The lowest BCUT2D eigenvalue weighted by Gasteiger charge is -2.16. The van der Waals surface area contributed by atoms with E-state index in [1.165, 1.54) is 5.56 Å². The van der Waals surface area contributed by atoms with Crippen molar-refractivity contribution in [2.75, 3.05) is 33.0 Å². The number of carbonyl (C=O) groups excluding carboxylic acids is 1. The second-order valence-corrected chi connectivity index (χ2v) is 6.14. The number of benzene rings is 2. The van der Waals surface area contributed by atoms with Gasteiger partial charge in [-0.1, -0.05) is 29.8 Å². The fourth-order valence-electron chi connectivity index (χ4n) is 2.42. The standard InChI is InChI=1S/C20H26N4O/c1-15-5-9-17(10-6-15)19(25)23-18-11-7-16(8-12-18)13-14-22-20(21-2)24(3)4/h5-12H,13-14H2,1-4H3,(H,21,22)(H,23,25). The molecule has 0 aliphatic heterocycles. The summed E-state index contributed by atoms with van der Waals surface area (Å²) in [6, 6.07) is 15.5. The van der Waals surface area contributed by atoms with Crippen LogP contribution in [0.5, 0.6) is 0 Å². The van der Waals surface area contributed by atoms with Crippen LogP contribution in [-0.2, 0) is 6.42 Å². The quantitative estimate of drug-likeness (QED) is 0.651. The molecule has 5 nitrogen and oxygen atoms in total. The van der Waals surface area contributed by atoms with Crippen molar-refractivity contribution in [1.82, 2.24) is 10.2 Å². The first-order chi connectivity index (χ1) is 12.0. The van der Waals surface area contributed by atoms with Crippen LogP contribution in [0.3, 0.4) is 0 Å². The van der Waals surface area contributed by atoms with Crippen LogP contribution in [0, 0.1) is 6.92 Å². The molecule has 0 fully saturated rings. The van der Waals surface area contributed by atoms with Gasteiger partial charge in [-0.15, -0.1) is 0 Å². The number of hydrogen-bond acceptors (Lipinski definition) is 2. The second-order valence-electron chi connectivity index (χ2n) is 6.14. The molecule has 0 bridgehead atoms. The van der Waals surface area contributed by atoms with Crippen molar-refractivity contribution in [2.24, 2.45) is 4.99 Å². The van der Waals surface area contributed by atoms with Gasteiger partial charge in [-0.3, -0.25) is 9.79 Å². The van der Waals surface area contributed by atoms with E-state index < -0.39 is 0 Å². The van der Waals surface area contributed by atoms with E-state index in [4.69, 9.17) is 0 Å². The van der Waals surface area contributed by atoms with Crippen molar-refractivity contribution >= 4 is 17.6 Å². The molecule has 0 unspecified atom stereocenters. The molecule has 5 heteroatoms. The average molecular weight is 338 g/mol. The Balaban J connectivity index is 1.87. The molecule has 0 aliphatic carbocycles. The number of aryl methyl sites for hydroxylation is 1. The molecule has 2 aromatic carbocycles. The number of hydrogen-bond donors (Lipinski definition) is 2. The van der Waals surface area contributed by atoms with Gasteiger partial charge in [0.1, 0.15) is 0 Å². The number of nitrogens with zero attached hydrogens (tertiary/aromatic N) is 2. The molecule has 25 heavy (non-hydrogen) atoms. The highest BCUT2D eigenvalue weighted by Gasteiger charge is 2.06. The van der Waals surface area contributed by atoms with Gasteiger partial charge >= 0.3 is 0 Å². The molecule has 0 spiro atoms. The zero-order valence-electron chi connectivity index (χ0n) is 15.3. The molecule has 0 atom stereocenters. The Kier molecular flexibility index (Phi) is 6.57. The van der Waals surface area contributed by atoms with E-state index in [0.29, 0.717) is 5.56 Å². The maximum Gasteiger partial charge on any atom is 0.255 e. The molecular weight excluding hydrogens is 312 g/mol. The van der Waals surface area contributed by atoms with Gasteiger partial charge in [0.05, 0.1) is 0 Å². The molecule has 2 aromatic rings. The monoisotopic (exact) mass is 338 g/mol. The minimum Gasteiger partial charge on any atom is -0.356 e. The van der Waals surface area contributed by atoms with Crippen LogP contribution < -0.4 is 10.6 Å². The van der Waals surface area contributed by atoms with Crippen LogP contribution in [0.15, 0.2) is 53.5 Å². The van der Waals surface area contributed by atoms with Crippen LogP contribution in [0.2, 0.25) is 0 Å². The summed E-state index contributed by atoms with van der Waals surface area (Å²) in [5.74, 6) is 0.770. The van der Waals surface area contributed by atoms with Crippen LogP contribution >= 0.6 is 0 Å². The van der Waals surface area contributed by atoms with Crippen molar-refractivity contribution in [1.29, 1.82) is 0 Å². The smallest absolute Gasteiger partial charge is 0.255 e. The third-order valence-electron chi connectivity index (χ3n) is 3.86. The topological polar surface area (TPSA) is 56.7 Å². The van der Waals surface area contributed by atoms with Gasteiger partial charge in [0.25, 0.3) is 5.91 Å². The molecule has 0 radical (unpaired) electrons. The average Bonchev–Trinajstić information content (AvgIpc) is 2.60. The molecule has 0 saturated carbocycles. The summed E-state index contributed by atoms with van der Waals surface area (Å²) in [6.45, 7) is 2.81. The maximum atomic E-state index is 12.2. The van der Waals surface area contributed by atoms with Crippen molar-refractivity contribution in [2.45, 2.75) is 13.3 Å². The predicted octanol–water partition coefficient (Wildman–Crippen LogP) is 2.93. The van der Waals surface area contributed by atoms with Crippen LogP contribution in [-0.4, -0.2) is 44.5 Å². The van der Waals surface area contributed by atoms with Gasteiger partial charge in [0, 0.05) is 38.9 Å². The Morgan fingerprint density at radius 1 is 1.04 bits per heavy atom. The summed E-state index contributed by atoms with van der Waals surface area (Å²) in [5.41, 5.74) is 3.80. The van der Waals surface area contributed by atoms with Crippen LogP contribution in [0.4, 0.5) is 5.69 Å². The van der Waals surface area contributed by atoms with Crippen molar-refractivity contribution in [3.05, 3.63) is 65.2 Å². The highest BCUT2D eigenvalue weighted by Crippen LogP contribution is 2.12. The van der Waals surface area contributed by atoms with Gasteiger partial charge in [-0.05, 0) is 43.2 Å². The number of carbonyl (C=O) groups is 1. The van der Waals surface area contributed by atoms with E-state index in [9.17, 15) is 4.79 Å². The maximum absolute atomic E-state index is 12.2. The van der Waals surface area contributed by atoms with E-state index in [0.717, 1.165) is 30.2 Å². The molecule has 0 heterocycles. The highest BCUT2D eigenvalue weighted by molar-refractivity contribution is 6.04. The minimum atomic E-state index is -0.0933. The van der Waals surface area contributed by atoms with Gasteiger partial charge in [0.2, 0.25) is 0 Å². The normalized spacial score (nSPS) is 11.1. The summed E-state index contributed by atoms with van der Waals surface area (Å²) in [7, 11) is 5.69. The number of anilines is 1. The van der Waals surface area contributed by atoms with Crippen molar-refractivity contribution in [3.63, 3.8) is 0 Å². The molecule has 2 rings (SSSR count). The van der Waals surface area contributed by atoms with Gasteiger partial charge in [-0.25, -0.2) is 0 Å². The molecule has 132 valence electrons. The molecule has 0 aliphatic rings. The summed E-state index contributed by atoms with van der Waals surface area (Å²) in [5, 5.41) is 6.22. The number of aliphatic imine (C=N–C) groups is 1. The first-order valence-corrected chi connectivity index (χ1v) is 8.34. The van der Waals surface area contributed by atoms with Crippen LogP contribution in [0.25, 0.3) is 0 Å². The Bertz CT molecular complexity index is 718. The van der Waals surface area contributed by atoms with Crippen molar-refractivity contribution in [3.8, 4) is 0 Å². The number of amides is 1. The minimum absolute atomic E-state index is 0.0933. The lowest BCUT2D eigenvalue weighted by molar-refractivity contribution is 0.102. The molecular formula is C20H26N4O. The lowest BCUT2D eigenvalue weighted by Crippen LogP contribution is -2.37. The Labute approximate surface area is 149 Å². The van der Waals surface area contributed by atoms with E-state index >= 15 is 0 Å². The first kappa shape index (κ1) is 18.5. The Morgan fingerprint density at radius 3 is 2.24 bits per heavy atom. The third kappa shape index (κ3) is 5.64. The summed E-state index contributed by atoms with van der Waals surface area (Å²) < 4.78 is 0. The van der Waals surface area contributed by atoms with E-state index in [2.05, 4.69) is 15.6 Å². The Morgan fingerprint density at radius 2 is 1.68 bits per heavy atom. The highest BCUT2D eigenvalue weighted by atomic mass is 16.1. The fourth-order valence-corrected chi connectivity index (χ4v) is 2.42. The van der Waals surface area contributed by atoms with Gasteiger partial charge < -0.3 is 15.5 Å². The molecule has 0 aromatic heterocycles. The Hall–Kier alpha value is -2.82. The number of rotatable bonds is 5. The lowest BCUT2D eigenvalue weighted by atomic mass is 10.1. The van der Waals surface area contributed by atoms with E-state index in [1.54, 1.807) is 7.05 Å². The zero-order chi connectivity index (χ0) is 18.2. The summed E-state index contributed by atoms with van der Waals surface area (Å²) in [4.78, 5) is 18.3. The zero-order valence-corrected chi connectivity index (χ0v) is 15.3. The molecule has 2 N–H and O–H groups in total. The summed E-state index contributed by atoms with van der Waals surface area (Å²) >= 11 is 0. The van der Waals surface area contributed by atoms with E-state index in [-0.39, 0.29) is 5.91 Å². The van der Waals surface area contributed by atoms with Gasteiger partial charge in [-0.2, -0.15) is 0 Å². The molecule has 1 amide bonds. The summed E-state index contributed by atoms with van der Waals surface area (Å²) in [6.07, 6.45) is 0.888. The number of nitrogens with one attached hydrogen (secondary N) is 2. The molecule has 0 saturated heterocycles. The SMILES string of the molecule is C/N=C(/NCCc1ccc(NC(=O)c2ccc(C)cc2)cc1)N(C)C. The first-order valence-electron chi connectivity index (χ1n) is 8.34. The van der Waals surface area contributed by atoms with Crippen molar-refractivity contribution < 1.29 is 4.79 Å². The number of guanidine groups is 1. The largest absolute Gasteiger partial charge is 0.356 e. The van der Waals surface area contributed by atoms with E-state index in [1.807, 2.05) is 74.4 Å². The third-order valence-corrected chi connectivity index (χ3v) is 3.86. The van der Waals surface area contributed by atoms with Gasteiger partial charge in [0.15, 0.2) is 5.96 Å². The fraction of sp³-hybridized carbons (Fsp3) is 0.300. The predicted molar refractivity (Wildman–Crippen MR) is 104 cm³/mol. The second kappa shape index (κ2) is 8.87.